The monoisotopic (exact) mass is 476 g/mol. The molecule has 0 radical (unpaired) electrons. The van der Waals surface area contributed by atoms with Crippen molar-refractivity contribution in [3.63, 3.8) is 0 Å². The van der Waals surface area contributed by atoms with Crippen molar-refractivity contribution in [2.24, 2.45) is 5.92 Å². The first kappa shape index (κ1) is 25.5. The molecule has 0 rings (SSSR count). The van der Waals surface area contributed by atoms with E-state index in [0.29, 0.717) is 6.42 Å². The Kier molecular flexibility index (Phi) is 14.2. The van der Waals surface area contributed by atoms with Crippen molar-refractivity contribution in [3.05, 3.63) is 10.2 Å². The number of carbonyl (C=O) groups is 2. The Labute approximate surface area is 165 Å². The Morgan fingerprint density at radius 3 is 1.54 bits per heavy atom. The molecular formula is C21H40O4Sn. The average Bonchev–Trinajstić information content (AvgIpc) is 2.66. The van der Waals surface area contributed by atoms with Gasteiger partial charge in [-0.3, -0.25) is 0 Å². The first-order chi connectivity index (χ1) is 12.4. The molecule has 4 nitrogen and oxygen atoms in total. The molecule has 0 aromatic carbocycles. The number of carbonyl (C=O) groups excluding carboxylic acids is 2. The van der Waals surface area contributed by atoms with Gasteiger partial charge in [0, 0.05) is 0 Å². The third-order valence-corrected chi connectivity index (χ3v) is 21.7. The molecule has 5 heteroatoms. The maximum atomic E-state index is 12.0. The van der Waals surface area contributed by atoms with Crippen LogP contribution in [0.3, 0.4) is 0 Å². The number of methoxy groups -OCH3 is 2. The molecule has 0 spiro atoms. The summed E-state index contributed by atoms with van der Waals surface area (Å²) in [6, 6.07) is 0. The van der Waals surface area contributed by atoms with E-state index in [0.717, 1.165) is 6.42 Å². The predicted octanol–water partition coefficient (Wildman–Crippen LogP) is 5.67. The van der Waals surface area contributed by atoms with Gasteiger partial charge in [-0.05, 0) is 0 Å². The van der Waals surface area contributed by atoms with Gasteiger partial charge in [0.2, 0.25) is 0 Å². The van der Waals surface area contributed by atoms with Gasteiger partial charge in [0.1, 0.15) is 0 Å². The molecule has 152 valence electrons. The summed E-state index contributed by atoms with van der Waals surface area (Å²) >= 11 is -2.51. The molecule has 0 fully saturated rings. The third kappa shape index (κ3) is 8.45. The Bertz CT molecular complexity index is 396. The molecule has 0 amide bonds. The van der Waals surface area contributed by atoms with Crippen LogP contribution in [0.25, 0.3) is 0 Å². The fourth-order valence-corrected chi connectivity index (χ4v) is 19.6. The van der Waals surface area contributed by atoms with Crippen molar-refractivity contribution in [1.82, 2.24) is 0 Å². The van der Waals surface area contributed by atoms with Crippen LogP contribution in [0, 0.1) is 5.92 Å². The summed E-state index contributed by atoms with van der Waals surface area (Å²) in [6.45, 7) is 11.3. The summed E-state index contributed by atoms with van der Waals surface area (Å²) in [7, 11) is 2.64. The Morgan fingerprint density at radius 2 is 1.23 bits per heavy atom. The minimum absolute atomic E-state index is 0.460. The first-order valence-corrected chi connectivity index (χ1v) is 17.7. The van der Waals surface area contributed by atoms with Crippen molar-refractivity contribution < 1.29 is 19.1 Å². The number of esters is 2. The van der Waals surface area contributed by atoms with Crippen molar-refractivity contribution in [1.29, 1.82) is 0 Å². The van der Waals surface area contributed by atoms with Gasteiger partial charge < -0.3 is 0 Å². The van der Waals surface area contributed by atoms with Crippen molar-refractivity contribution in [2.75, 3.05) is 14.2 Å². The van der Waals surface area contributed by atoms with Crippen LogP contribution in [-0.2, 0) is 19.1 Å². The summed E-state index contributed by atoms with van der Waals surface area (Å²) in [5, 5.41) is 0. The molecule has 0 saturated heterocycles. The maximum absolute atomic E-state index is 12.0. The molecule has 0 aliphatic heterocycles. The van der Waals surface area contributed by atoms with E-state index in [2.05, 4.69) is 27.4 Å². The molecule has 0 aromatic rings. The van der Waals surface area contributed by atoms with Crippen LogP contribution >= 0.6 is 0 Å². The van der Waals surface area contributed by atoms with E-state index in [1.165, 1.54) is 69.6 Å². The summed E-state index contributed by atoms with van der Waals surface area (Å²) < 4.78 is 15.0. The molecule has 0 N–H and O–H groups in total. The molecular weight excluding hydrogens is 435 g/mol. The van der Waals surface area contributed by atoms with Gasteiger partial charge in [0.05, 0.1) is 0 Å². The zero-order chi connectivity index (χ0) is 20.0. The predicted molar refractivity (Wildman–Crippen MR) is 111 cm³/mol. The van der Waals surface area contributed by atoms with Crippen molar-refractivity contribution >= 4 is 30.3 Å². The van der Waals surface area contributed by atoms with Gasteiger partial charge in [-0.1, -0.05) is 0 Å². The van der Waals surface area contributed by atoms with Gasteiger partial charge >= 0.3 is 165 Å². The fourth-order valence-electron chi connectivity index (χ4n) is 3.65. The van der Waals surface area contributed by atoms with Gasteiger partial charge in [-0.15, -0.1) is 0 Å². The number of rotatable bonds is 15. The number of hydrogen-bond acceptors (Lipinski definition) is 4. The third-order valence-electron chi connectivity index (χ3n) is 5.48. The summed E-state index contributed by atoms with van der Waals surface area (Å²) in [4.78, 5) is 23.9. The Hall–Kier alpha value is -0.521. The molecule has 0 saturated carbocycles. The van der Waals surface area contributed by atoms with Crippen LogP contribution in [0.15, 0.2) is 10.2 Å². The molecule has 0 aliphatic rings. The van der Waals surface area contributed by atoms with Crippen LogP contribution in [0.4, 0.5) is 0 Å². The Morgan fingerprint density at radius 1 is 0.846 bits per heavy atom. The van der Waals surface area contributed by atoms with E-state index in [1.54, 1.807) is 0 Å². The number of unbranched alkanes of at least 4 members (excludes halogenated alkanes) is 3. The summed E-state index contributed by atoms with van der Waals surface area (Å²) in [5.41, 5.74) is 0. The van der Waals surface area contributed by atoms with E-state index in [1.807, 2.05) is 0 Å². The summed E-state index contributed by atoms with van der Waals surface area (Å²) in [6.07, 6.45) is 8.70. The number of hydrogen-bond donors (Lipinski definition) is 0. The molecule has 0 heterocycles. The minimum atomic E-state index is -2.51. The quantitative estimate of drug-likeness (QED) is 0.174. The second-order valence-corrected chi connectivity index (χ2v) is 20.9. The molecule has 0 unspecified atom stereocenters. The van der Waals surface area contributed by atoms with Gasteiger partial charge in [-0.25, -0.2) is 0 Å². The first-order valence-electron chi connectivity index (χ1n) is 10.3. The van der Waals surface area contributed by atoms with Crippen LogP contribution < -0.4 is 0 Å². The number of ether oxygens (including phenoxy) is 2. The average molecular weight is 475 g/mol. The molecule has 0 bridgehead atoms. The van der Waals surface area contributed by atoms with Crippen LogP contribution in [0.1, 0.15) is 72.1 Å². The second kappa shape index (κ2) is 14.5. The Balaban J connectivity index is 5.27. The van der Waals surface area contributed by atoms with Crippen molar-refractivity contribution in [3.8, 4) is 0 Å². The van der Waals surface area contributed by atoms with Gasteiger partial charge in [0.15, 0.2) is 0 Å². The molecule has 26 heavy (non-hydrogen) atoms. The number of allylic oxidation sites excluding steroid dienone is 1. The second-order valence-electron chi connectivity index (χ2n) is 7.33. The molecule has 0 aliphatic carbocycles. The molecule has 0 atom stereocenters. The van der Waals surface area contributed by atoms with E-state index >= 15 is 0 Å². The van der Waals surface area contributed by atoms with Crippen molar-refractivity contribution in [2.45, 2.75) is 85.4 Å². The topological polar surface area (TPSA) is 52.6 Å². The summed E-state index contributed by atoms with van der Waals surface area (Å²) in [5.74, 6) is -1.82. The zero-order valence-electron chi connectivity index (χ0n) is 17.7. The van der Waals surface area contributed by atoms with Crippen LogP contribution in [-0.4, -0.2) is 44.5 Å². The van der Waals surface area contributed by atoms with Gasteiger partial charge in [-0.2, -0.15) is 0 Å². The fraction of sp³-hybridized carbons (Fsp3) is 0.810. The van der Waals surface area contributed by atoms with Crippen LogP contribution in [0.2, 0.25) is 13.3 Å². The van der Waals surface area contributed by atoms with Gasteiger partial charge in [0.25, 0.3) is 0 Å². The van der Waals surface area contributed by atoms with E-state index < -0.39 is 36.2 Å². The standard InChI is InChI=1S/C9H13O4.3C4H9.Sn/c1-4-5-6-7(8(10)12-2)9(11)13-3;3*1-3-4-2;/h7H,1,5-6H2,2-3H3;3*1,3-4H2,2H3;. The zero-order valence-corrected chi connectivity index (χ0v) is 20.5. The normalized spacial score (nSPS) is 11.5. The molecule has 0 aromatic heterocycles. The van der Waals surface area contributed by atoms with E-state index in [4.69, 9.17) is 9.47 Å². The van der Waals surface area contributed by atoms with Crippen LogP contribution in [0.5, 0.6) is 0 Å². The van der Waals surface area contributed by atoms with E-state index in [-0.39, 0.29) is 0 Å². The SMILES string of the molecule is C=[C](CCC(C(=O)OC)C(=O)OC)[Sn]([CH2]CCC)([CH2]CCC)[CH2]CCC. The van der Waals surface area contributed by atoms with E-state index in [9.17, 15) is 9.59 Å².